The van der Waals surface area contributed by atoms with Gasteiger partial charge in [0.05, 0.1) is 18.7 Å². The van der Waals surface area contributed by atoms with E-state index in [9.17, 15) is 14.4 Å². The molecule has 2 aliphatic heterocycles. The molecule has 1 fully saturated rings. The SMILES string of the molecule is CCOC(=O)c1cn2c3c(cc(C#CCN4CCN(C(=O)OC(C)(C)C)CC4)cc3c1=O)CCC2. The molecule has 2 aliphatic rings. The minimum Gasteiger partial charge on any atom is -0.462 e. The molecule has 1 aromatic carbocycles. The number of rotatable bonds is 3. The molecule has 35 heavy (non-hydrogen) atoms. The molecule has 0 saturated carbocycles. The maximum atomic E-state index is 13.1. The molecule has 8 heteroatoms. The summed E-state index contributed by atoms with van der Waals surface area (Å²) in [5, 5.41) is 0.517. The Balaban J connectivity index is 1.49. The Bertz CT molecular complexity index is 1250. The zero-order chi connectivity index (χ0) is 25.2. The molecule has 8 nitrogen and oxygen atoms in total. The van der Waals surface area contributed by atoms with E-state index < -0.39 is 11.6 Å². The van der Waals surface area contributed by atoms with Crippen molar-refractivity contribution in [2.24, 2.45) is 0 Å². The highest BCUT2D eigenvalue weighted by Gasteiger charge is 2.25. The van der Waals surface area contributed by atoms with Gasteiger partial charge in [0, 0.05) is 49.9 Å². The van der Waals surface area contributed by atoms with Crippen LogP contribution in [0.3, 0.4) is 0 Å². The van der Waals surface area contributed by atoms with Gasteiger partial charge >= 0.3 is 12.1 Å². The van der Waals surface area contributed by atoms with E-state index in [4.69, 9.17) is 9.47 Å². The van der Waals surface area contributed by atoms with Gasteiger partial charge in [-0.3, -0.25) is 9.69 Å². The summed E-state index contributed by atoms with van der Waals surface area (Å²) in [6.07, 6.45) is 3.16. The number of hydrogen-bond donors (Lipinski definition) is 0. The van der Waals surface area contributed by atoms with Crippen molar-refractivity contribution in [3.63, 3.8) is 0 Å². The van der Waals surface area contributed by atoms with Crippen LogP contribution in [0.4, 0.5) is 4.79 Å². The summed E-state index contributed by atoms with van der Waals surface area (Å²) >= 11 is 0. The molecule has 0 aliphatic carbocycles. The predicted octanol–water partition coefficient (Wildman–Crippen LogP) is 3.03. The maximum absolute atomic E-state index is 13.1. The predicted molar refractivity (Wildman–Crippen MR) is 134 cm³/mol. The molecule has 3 heterocycles. The summed E-state index contributed by atoms with van der Waals surface area (Å²) in [5.74, 6) is 5.84. The van der Waals surface area contributed by atoms with E-state index in [2.05, 4.69) is 22.8 Å². The maximum Gasteiger partial charge on any atom is 0.410 e. The van der Waals surface area contributed by atoms with E-state index in [1.165, 1.54) is 0 Å². The summed E-state index contributed by atoms with van der Waals surface area (Å²) in [6.45, 7) is 11.5. The minimum atomic E-state index is -0.586. The largest absolute Gasteiger partial charge is 0.462 e. The number of amides is 1. The third kappa shape index (κ3) is 5.68. The molecule has 0 bridgehead atoms. The first-order chi connectivity index (χ1) is 16.7. The van der Waals surface area contributed by atoms with Crippen molar-refractivity contribution < 1.29 is 19.1 Å². The smallest absolute Gasteiger partial charge is 0.410 e. The van der Waals surface area contributed by atoms with Crippen molar-refractivity contribution >= 4 is 23.0 Å². The topological polar surface area (TPSA) is 81.1 Å². The molecule has 4 rings (SSSR count). The number of ether oxygens (including phenoxy) is 2. The number of aryl methyl sites for hydroxylation is 2. The van der Waals surface area contributed by atoms with Gasteiger partial charge in [0.1, 0.15) is 11.2 Å². The van der Waals surface area contributed by atoms with Crippen molar-refractivity contribution in [1.29, 1.82) is 0 Å². The Kier molecular flexibility index (Phi) is 7.18. The molecule has 186 valence electrons. The Morgan fingerprint density at radius 2 is 1.83 bits per heavy atom. The molecular formula is C27H33N3O5. The molecule has 1 saturated heterocycles. The number of hydrogen-bond acceptors (Lipinski definition) is 6. The second-order valence-corrected chi connectivity index (χ2v) is 9.97. The molecule has 1 amide bonds. The van der Waals surface area contributed by atoms with Gasteiger partial charge in [-0.25, -0.2) is 9.59 Å². The fourth-order valence-electron chi connectivity index (χ4n) is 4.53. The number of nitrogens with zero attached hydrogens (tertiary/aromatic N) is 3. The fourth-order valence-corrected chi connectivity index (χ4v) is 4.53. The van der Waals surface area contributed by atoms with Crippen molar-refractivity contribution in [2.75, 3.05) is 39.3 Å². The lowest BCUT2D eigenvalue weighted by Crippen LogP contribution is -2.50. The number of aromatic nitrogens is 1. The minimum absolute atomic E-state index is 0.0696. The Labute approximate surface area is 205 Å². The summed E-state index contributed by atoms with van der Waals surface area (Å²) in [6, 6.07) is 3.84. The number of carbonyl (C=O) groups is 2. The van der Waals surface area contributed by atoms with Gasteiger partial charge in [0.2, 0.25) is 5.43 Å². The summed E-state index contributed by atoms with van der Waals surface area (Å²) in [7, 11) is 0. The summed E-state index contributed by atoms with van der Waals surface area (Å²) in [5.41, 5.74) is 2.00. The molecule has 0 atom stereocenters. The van der Waals surface area contributed by atoms with E-state index in [1.54, 1.807) is 24.1 Å². The van der Waals surface area contributed by atoms with Crippen LogP contribution in [0, 0.1) is 11.8 Å². The highest BCUT2D eigenvalue weighted by Crippen LogP contribution is 2.25. The molecule has 0 N–H and O–H groups in total. The van der Waals surface area contributed by atoms with Gasteiger partial charge in [0.15, 0.2) is 0 Å². The quantitative estimate of drug-likeness (QED) is 0.497. The molecular weight excluding hydrogens is 446 g/mol. The molecule has 0 radical (unpaired) electrons. The molecule has 0 spiro atoms. The lowest BCUT2D eigenvalue weighted by Gasteiger charge is -2.34. The Hall–Kier alpha value is -3.31. The number of benzene rings is 1. The van der Waals surface area contributed by atoms with Crippen LogP contribution in [0.15, 0.2) is 23.1 Å². The van der Waals surface area contributed by atoms with Crippen LogP contribution in [-0.4, -0.2) is 71.4 Å². The van der Waals surface area contributed by atoms with Gasteiger partial charge in [-0.2, -0.15) is 0 Å². The van der Waals surface area contributed by atoms with E-state index in [1.807, 2.05) is 25.3 Å². The van der Waals surface area contributed by atoms with Crippen LogP contribution in [0.2, 0.25) is 0 Å². The van der Waals surface area contributed by atoms with Crippen molar-refractivity contribution in [3.8, 4) is 11.8 Å². The highest BCUT2D eigenvalue weighted by molar-refractivity contribution is 5.95. The average Bonchev–Trinajstić information content (AvgIpc) is 2.80. The van der Waals surface area contributed by atoms with Gasteiger partial charge in [-0.05, 0) is 58.2 Å². The lowest BCUT2D eigenvalue weighted by molar-refractivity contribution is 0.0155. The average molecular weight is 480 g/mol. The molecule has 1 aromatic heterocycles. The summed E-state index contributed by atoms with van der Waals surface area (Å²) in [4.78, 5) is 41.6. The zero-order valence-electron chi connectivity index (χ0n) is 21.0. The highest BCUT2D eigenvalue weighted by atomic mass is 16.6. The number of pyridine rings is 1. The van der Waals surface area contributed by atoms with Gasteiger partial charge in [-0.1, -0.05) is 11.8 Å². The lowest BCUT2D eigenvalue weighted by atomic mass is 9.97. The van der Waals surface area contributed by atoms with E-state index >= 15 is 0 Å². The normalized spacial score (nSPS) is 15.9. The standard InChI is InChI=1S/C27H33N3O5/c1-5-34-25(32)22-18-30-11-7-9-20-16-19(17-21(23(20)30)24(22)31)8-6-10-28-12-14-29(15-13-28)26(33)35-27(2,3)4/h16-18H,5,7,9-15H2,1-4H3. The molecule has 2 aromatic rings. The fraction of sp³-hybridized carbons (Fsp3) is 0.519. The van der Waals surface area contributed by atoms with Crippen molar-refractivity contribution in [2.45, 2.75) is 52.7 Å². The second-order valence-electron chi connectivity index (χ2n) is 9.97. The van der Waals surface area contributed by atoms with Crippen LogP contribution in [0.25, 0.3) is 10.9 Å². The first-order valence-corrected chi connectivity index (χ1v) is 12.2. The van der Waals surface area contributed by atoms with Crippen LogP contribution in [0.1, 0.15) is 55.6 Å². The van der Waals surface area contributed by atoms with Gasteiger partial charge in [0.25, 0.3) is 0 Å². The molecule has 0 unspecified atom stereocenters. The number of esters is 1. The Morgan fingerprint density at radius 3 is 2.51 bits per heavy atom. The van der Waals surface area contributed by atoms with E-state index in [-0.39, 0.29) is 23.7 Å². The van der Waals surface area contributed by atoms with Crippen LogP contribution in [0.5, 0.6) is 0 Å². The van der Waals surface area contributed by atoms with E-state index in [0.29, 0.717) is 25.0 Å². The number of carbonyl (C=O) groups excluding carboxylic acids is 2. The van der Waals surface area contributed by atoms with Crippen LogP contribution >= 0.6 is 0 Å². The van der Waals surface area contributed by atoms with Crippen LogP contribution < -0.4 is 5.43 Å². The third-order valence-corrected chi connectivity index (χ3v) is 6.15. The van der Waals surface area contributed by atoms with Crippen molar-refractivity contribution in [1.82, 2.24) is 14.4 Å². The monoisotopic (exact) mass is 479 g/mol. The van der Waals surface area contributed by atoms with Crippen molar-refractivity contribution in [3.05, 3.63) is 45.2 Å². The van der Waals surface area contributed by atoms with Gasteiger partial charge < -0.3 is 18.9 Å². The van der Waals surface area contributed by atoms with E-state index in [0.717, 1.165) is 49.1 Å². The second kappa shape index (κ2) is 10.1. The zero-order valence-corrected chi connectivity index (χ0v) is 21.0. The first-order valence-electron chi connectivity index (χ1n) is 12.2. The summed E-state index contributed by atoms with van der Waals surface area (Å²) < 4.78 is 12.5. The first kappa shape index (κ1) is 24.8. The Morgan fingerprint density at radius 1 is 1.09 bits per heavy atom. The number of piperazine rings is 1. The van der Waals surface area contributed by atoms with Gasteiger partial charge in [-0.15, -0.1) is 0 Å². The van der Waals surface area contributed by atoms with Crippen LogP contribution in [-0.2, 0) is 22.4 Å². The third-order valence-electron chi connectivity index (χ3n) is 6.15.